The highest BCUT2D eigenvalue weighted by Gasteiger charge is 2.16. The van der Waals surface area contributed by atoms with Gasteiger partial charge in [-0.3, -0.25) is 14.4 Å². The molecule has 11 heteroatoms. The number of aromatic hydroxyl groups is 1. The summed E-state index contributed by atoms with van der Waals surface area (Å²) in [6.07, 6.45) is 1.25. The number of thioether (sulfide) groups is 1. The highest BCUT2D eigenvalue weighted by Crippen LogP contribution is 2.24. The van der Waals surface area contributed by atoms with Crippen molar-refractivity contribution in [3.63, 3.8) is 0 Å². The number of rotatable bonds is 10. The van der Waals surface area contributed by atoms with E-state index in [9.17, 15) is 28.7 Å². The third kappa shape index (κ3) is 8.05. The zero-order chi connectivity index (χ0) is 30.1. The maximum absolute atomic E-state index is 14.3. The minimum atomic E-state index is -1.32. The number of anilines is 2. The van der Waals surface area contributed by atoms with E-state index >= 15 is 0 Å². The highest BCUT2D eigenvalue weighted by atomic mass is 32.2. The first-order valence-corrected chi connectivity index (χ1v) is 13.4. The second-order valence-corrected chi connectivity index (χ2v) is 9.80. The van der Waals surface area contributed by atoms with E-state index in [0.717, 1.165) is 6.07 Å². The van der Waals surface area contributed by atoms with E-state index in [4.69, 9.17) is 5.11 Å². The molecule has 9 nitrogen and oxygen atoms in total. The zero-order valence-electron chi connectivity index (χ0n) is 21.8. The minimum absolute atomic E-state index is 0.00995. The van der Waals surface area contributed by atoms with Gasteiger partial charge in [-0.25, -0.2) is 9.18 Å². The fraction of sp³-hybridized carbons (Fsp3) is 0.0323. The van der Waals surface area contributed by atoms with Crippen LogP contribution in [0.25, 0.3) is 6.08 Å². The van der Waals surface area contributed by atoms with Gasteiger partial charge in [-0.1, -0.05) is 36.4 Å². The van der Waals surface area contributed by atoms with Crippen molar-refractivity contribution in [1.29, 1.82) is 0 Å². The molecule has 4 rings (SSSR count). The molecular weight excluding hydrogens is 561 g/mol. The van der Waals surface area contributed by atoms with Crippen LogP contribution in [0.4, 0.5) is 15.8 Å². The van der Waals surface area contributed by atoms with Gasteiger partial charge in [0, 0.05) is 27.4 Å². The second kappa shape index (κ2) is 13.8. The Balaban J connectivity index is 1.40. The van der Waals surface area contributed by atoms with Gasteiger partial charge in [0.15, 0.2) is 0 Å². The van der Waals surface area contributed by atoms with E-state index in [1.54, 1.807) is 60.7 Å². The summed E-state index contributed by atoms with van der Waals surface area (Å²) in [5.74, 6) is -3.88. The van der Waals surface area contributed by atoms with Crippen LogP contribution in [-0.2, 0) is 9.59 Å². The van der Waals surface area contributed by atoms with Crippen LogP contribution in [-0.4, -0.2) is 39.7 Å². The van der Waals surface area contributed by atoms with Crippen molar-refractivity contribution < 1.29 is 33.8 Å². The molecule has 4 aromatic carbocycles. The molecule has 5 N–H and O–H groups in total. The molecule has 212 valence electrons. The van der Waals surface area contributed by atoms with Gasteiger partial charge in [0.05, 0.1) is 5.75 Å². The number of hydrogen-bond donors (Lipinski definition) is 5. The van der Waals surface area contributed by atoms with E-state index in [1.807, 2.05) is 0 Å². The molecule has 0 atom stereocenters. The number of hydrogen-bond acceptors (Lipinski definition) is 6. The van der Waals surface area contributed by atoms with Crippen LogP contribution in [0.1, 0.15) is 26.3 Å². The molecule has 0 aromatic heterocycles. The Morgan fingerprint density at radius 1 is 0.810 bits per heavy atom. The lowest BCUT2D eigenvalue weighted by atomic mass is 10.1. The van der Waals surface area contributed by atoms with Gasteiger partial charge in [0.2, 0.25) is 5.91 Å². The van der Waals surface area contributed by atoms with Crippen LogP contribution >= 0.6 is 11.8 Å². The van der Waals surface area contributed by atoms with Crippen molar-refractivity contribution in [2.24, 2.45) is 0 Å². The molecule has 0 aliphatic carbocycles. The lowest BCUT2D eigenvalue weighted by Crippen LogP contribution is -2.30. The van der Waals surface area contributed by atoms with E-state index in [1.165, 1.54) is 48.2 Å². The Labute approximate surface area is 244 Å². The lowest BCUT2D eigenvalue weighted by Gasteiger charge is -2.12. The summed E-state index contributed by atoms with van der Waals surface area (Å²) in [5, 5.41) is 26.5. The molecule has 0 saturated heterocycles. The molecule has 42 heavy (non-hydrogen) atoms. The third-order valence-electron chi connectivity index (χ3n) is 5.73. The first-order chi connectivity index (χ1) is 20.2. The van der Waals surface area contributed by atoms with Crippen molar-refractivity contribution in [3.8, 4) is 5.75 Å². The van der Waals surface area contributed by atoms with E-state index in [2.05, 4.69) is 16.0 Å². The van der Waals surface area contributed by atoms with Crippen LogP contribution in [0.2, 0.25) is 0 Å². The average Bonchev–Trinajstić information content (AvgIpc) is 2.98. The van der Waals surface area contributed by atoms with Gasteiger partial charge in [-0.05, 0) is 66.7 Å². The van der Waals surface area contributed by atoms with Crippen LogP contribution in [0.5, 0.6) is 5.75 Å². The van der Waals surface area contributed by atoms with Gasteiger partial charge >= 0.3 is 5.97 Å². The fourth-order valence-electron chi connectivity index (χ4n) is 3.65. The number of carbonyl (C=O) groups is 4. The molecule has 0 aliphatic rings. The number of halogens is 1. The maximum atomic E-state index is 14.3. The Morgan fingerprint density at radius 3 is 2.17 bits per heavy atom. The van der Waals surface area contributed by atoms with Gasteiger partial charge in [-0.15, -0.1) is 11.8 Å². The normalized spacial score (nSPS) is 10.9. The maximum Gasteiger partial charge on any atom is 0.339 e. The molecule has 0 spiro atoms. The number of phenols is 1. The Morgan fingerprint density at radius 2 is 1.48 bits per heavy atom. The molecule has 0 unspecified atom stereocenters. The molecule has 0 aliphatic heterocycles. The number of carboxylic acid groups (broad SMARTS) is 1. The monoisotopic (exact) mass is 585 g/mol. The predicted octanol–water partition coefficient (Wildman–Crippen LogP) is 5.37. The SMILES string of the molecule is O=C(CSc1ccc(NC(=O)/C(=C/c2ccccc2F)NC(=O)c2ccccc2)cc1)Nc1ccc(O)c(C(=O)O)c1. The number of carbonyl (C=O) groups excluding carboxylic acids is 3. The number of aromatic carboxylic acids is 1. The van der Waals surface area contributed by atoms with E-state index < -0.39 is 35.3 Å². The standard InChI is InChI=1S/C31H24FN3O6S/c32-25-9-5-4-8-20(25)16-26(35-29(38)19-6-2-1-3-7-19)30(39)34-21-10-13-23(14-11-21)42-18-28(37)33-22-12-15-27(36)24(17-22)31(40)41/h1-17,36H,18H2,(H,33,37)(H,34,39)(H,35,38)(H,40,41)/b26-16-. The number of benzene rings is 4. The molecule has 0 bridgehead atoms. The summed E-state index contributed by atoms with van der Waals surface area (Å²) in [6.45, 7) is 0. The second-order valence-electron chi connectivity index (χ2n) is 8.75. The lowest BCUT2D eigenvalue weighted by molar-refractivity contribution is -0.114. The highest BCUT2D eigenvalue weighted by molar-refractivity contribution is 8.00. The summed E-state index contributed by atoms with van der Waals surface area (Å²) < 4.78 is 14.3. The summed E-state index contributed by atoms with van der Waals surface area (Å²) in [7, 11) is 0. The topological polar surface area (TPSA) is 145 Å². The molecule has 0 saturated carbocycles. The molecule has 0 heterocycles. The fourth-order valence-corrected chi connectivity index (χ4v) is 4.35. The summed E-state index contributed by atoms with van der Waals surface area (Å²) in [5.41, 5.74) is 0.573. The minimum Gasteiger partial charge on any atom is -0.507 e. The van der Waals surface area contributed by atoms with Crippen molar-refractivity contribution >= 4 is 52.9 Å². The van der Waals surface area contributed by atoms with Crippen molar-refractivity contribution in [2.45, 2.75) is 4.90 Å². The molecule has 4 aromatic rings. The van der Waals surface area contributed by atoms with Crippen LogP contribution < -0.4 is 16.0 Å². The predicted molar refractivity (Wildman–Crippen MR) is 158 cm³/mol. The number of amides is 3. The Bertz CT molecular complexity index is 1660. The van der Waals surface area contributed by atoms with Gasteiger partial charge in [0.1, 0.15) is 22.8 Å². The molecule has 3 amide bonds. The van der Waals surface area contributed by atoms with Gasteiger partial charge in [0.25, 0.3) is 11.8 Å². The van der Waals surface area contributed by atoms with Gasteiger partial charge < -0.3 is 26.2 Å². The quantitative estimate of drug-likeness (QED) is 0.0956. The first kappa shape index (κ1) is 29.6. The molecule has 0 radical (unpaired) electrons. The van der Waals surface area contributed by atoms with Gasteiger partial charge in [-0.2, -0.15) is 0 Å². The largest absolute Gasteiger partial charge is 0.507 e. The van der Waals surface area contributed by atoms with Crippen LogP contribution in [0, 0.1) is 5.82 Å². The Hall–Kier alpha value is -5.42. The summed E-state index contributed by atoms with van der Waals surface area (Å²) in [4.78, 5) is 50.1. The zero-order valence-corrected chi connectivity index (χ0v) is 22.7. The first-order valence-electron chi connectivity index (χ1n) is 12.4. The van der Waals surface area contributed by atoms with E-state index in [-0.39, 0.29) is 28.3 Å². The average molecular weight is 586 g/mol. The van der Waals surface area contributed by atoms with Crippen LogP contribution in [0.15, 0.2) is 108 Å². The van der Waals surface area contributed by atoms with Crippen LogP contribution in [0.3, 0.4) is 0 Å². The van der Waals surface area contributed by atoms with Crippen molar-refractivity contribution in [2.75, 3.05) is 16.4 Å². The number of carboxylic acids is 1. The van der Waals surface area contributed by atoms with Crippen molar-refractivity contribution in [3.05, 3.63) is 125 Å². The van der Waals surface area contributed by atoms with E-state index in [0.29, 0.717) is 16.1 Å². The number of nitrogens with one attached hydrogen (secondary N) is 3. The molecular formula is C31H24FN3O6S. The summed E-state index contributed by atoms with van der Waals surface area (Å²) in [6, 6.07) is 24.4. The Kier molecular flexibility index (Phi) is 9.69. The third-order valence-corrected chi connectivity index (χ3v) is 6.74. The smallest absolute Gasteiger partial charge is 0.339 e. The molecule has 0 fully saturated rings. The van der Waals surface area contributed by atoms with Crippen molar-refractivity contribution in [1.82, 2.24) is 5.32 Å². The summed E-state index contributed by atoms with van der Waals surface area (Å²) >= 11 is 1.20.